The van der Waals surface area contributed by atoms with Crippen molar-refractivity contribution in [2.45, 2.75) is 18.9 Å². The van der Waals surface area contributed by atoms with Crippen LogP contribution in [-0.2, 0) is 4.79 Å². The molecule has 0 spiro atoms. The van der Waals surface area contributed by atoms with Gasteiger partial charge < -0.3 is 20.2 Å². The Morgan fingerprint density at radius 3 is 2.81 bits per heavy atom. The average molecular weight is 295 g/mol. The lowest BCUT2D eigenvalue weighted by molar-refractivity contribution is -0.139. The summed E-state index contributed by atoms with van der Waals surface area (Å²) in [5.41, 5.74) is 0. The Labute approximate surface area is 121 Å². The third-order valence-corrected chi connectivity index (χ3v) is 3.87. The summed E-state index contributed by atoms with van der Waals surface area (Å²) >= 11 is 0. The zero-order valence-electron chi connectivity index (χ0n) is 11.6. The third-order valence-electron chi connectivity index (χ3n) is 3.87. The highest BCUT2D eigenvalue weighted by Gasteiger charge is 2.27. The molecule has 3 heterocycles. The Morgan fingerprint density at radius 2 is 2.10 bits per heavy atom. The van der Waals surface area contributed by atoms with Gasteiger partial charge in [0, 0.05) is 32.7 Å². The van der Waals surface area contributed by atoms with E-state index in [0.29, 0.717) is 24.9 Å². The summed E-state index contributed by atoms with van der Waals surface area (Å²) in [5, 5.41) is 12.0. The number of hydrogen-bond acceptors (Lipinski definition) is 6. The molecule has 8 heteroatoms. The number of carbonyl (C=O) groups is 1. The molecule has 0 bridgehead atoms. The largest absolute Gasteiger partial charge is 0.480 e. The van der Waals surface area contributed by atoms with E-state index in [0.717, 1.165) is 25.9 Å². The van der Waals surface area contributed by atoms with Crippen molar-refractivity contribution in [1.82, 2.24) is 15.3 Å². The van der Waals surface area contributed by atoms with Crippen LogP contribution in [0.1, 0.15) is 12.8 Å². The second kappa shape index (κ2) is 5.80. The van der Waals surface area contributed by atoms with E-state index in [1.54, 1.807) is 4.90 Å². The Kier molecular flexibility index (Phi) is 3.87. The van der Waals surface area contributed by atoms with Crippen LogP contribution in [0.5, 0.6) is 0 Å². The van der Waals surface area contributed by atoms with Crippen LogP contribution in [0.15, 0.2) is 6.20 Å². The van der Waals surface area contributed by atoms with E-state index < -0.39 is 17.8 Å². The van der Waals surface area contributed by atoms with Gasteiger partial charge in [0.2, 0.25) is 5.95 Å². The van der Waals surface area contributed by atoms with Crippen LogP contribution in [-0.4, -0.2) is 59.8 Å². The lowest BCUT2D eigenvalue weighted by Gasteiger charge is -2.32. The monoisotopic (exact) mass is 295 g/mol. The maximum atomic E-state index is 13.9. The van der Waals surface area contributed by atoms with Crippen molar-refractivity contribution in [2.75, 3.05) is 42.5 Å². The van der Waals surface area contributed by atoms with Gasteiger partial charge in [-0.2, -0.15) is 4.98 Å². The van der Waals surface area contributed by atoms with Gasteiger partial charge in [-0.15, -0.1) is 0 Å². The van der Waals surface area contributed by atoms with Gasteiger partial charge in [-0.05, 0) is 12.8 Å². The second-order valence-electron chi connectivity index (χ2n) is 5.33. The quantitative estimate of drug-likeness (QED) is 0.817. The number of carboxylic acid groups (broad SMARTS) is 1. The number of piperazine rings is 1. The molecule has 1 aromatic heterocycles. The molecule has 3 rings (SSSR count). The molecule has 2 saturated heterocycles. The molecule has 0 aliphatic carbocycles. The van der Waals surface area contributed by atoms with Gasteiger partial charge in [0.1, 0.15) is 6.04 Å². The van der Waals surface area contributed by atoms with Gasteiger partial charge >= 0.3 is 5.97 Å². The van der Waals surface area contributed by atoms with Crippen LogP contribution in [0, 0.1) is 5.82 Å². The molecular formula is C13H18FN5O2. The molecule has 0 aromatic carbocycles. The molecule has 2 fully saturated rings. The number of aliphatic carboxylic acids is 1. The molecule has 2 N–H and O–H groups in total. The van der Waals surface area contributed by atoms with Crippen molar-refractivity contribution < 1.29 is 14.3 Å². The number of rotatable bonds is 3. The summed E-state index contributed by atoms with van der Waals surface area (Å²) in [6.07, 6.45) is 3.24. The topological polar surface area (TPSA) is 81.6 Å². The highest BCUT2D eigenvalue weighted by Crippen LogP contribution is 2.23. The first kappa shape index (κ1) is 14.0. The van der Waals surface area contributed by atoms with Crippen LogP contribution < -0.4 is 15.1 Å². The molecule has 2 aliphatic heterocycles. The summed E-state index contributed by atoms with van der Waals surface area (Å²) in [6.45, 7) is 3.02. The molecule has 0 radical (unpaired) electrons. The van der Waals surface area contributed by atoms with E-state index >= 15 is 0 Å². The minimum Gasteiger partial charge on any atom is -0.480 e. The van der Waals surface area contributed by atoms with Gasteiger partial charge in [0.15, 0.2) is 11.6 Å². The van der Waals surface area contributed by atoms with Gasteiger partial charge in [0.05, 0.1) is 6.20 Å². The van der Waals surface area contributed by atoms with E-state index in [2.05, 4.69) is 15.3 Å². The standard InChI is InChI=1S/C13H18FN5O2/c14-9-7-16-13(17-11(9)18-4-1-2-5-18)19-6-3-15-10(8-19)12(20)21/h7,10,15H,1-6,8H2,(H,20,21)/t10-/m1/s1. The van der Waals surface area contributed by atoms with Crippen molar-refractivity contribution in [3.8, 4) is 0 Å². The van der Waals surface area contributed by atoms with Crippen LogP contribution in [0.25, 0.3) is 0 Å². The Balaban J connectivity index is 1.81. The molecule has 114 valence electrons. The van der Waals surface area contributed by atoms with E-state index in [-0.39, 0.29) is 6.54 Å². The first-order valence-electron chi connectivity index (χ1n) is 7.14. The summed E-state index contributed by atoms with van der Waals surface area (Å²) in [7, 11) is 0. The number of hydrogen-bond donors (Lipinski definition) is 2. The van der Waals surface area contributed by atoms with Crippen molar-refractivity contribution in [3.63, 3.8) is 0 Å². The van der Waals surface area contributed by atoms with Crippen molar-refractivity contribution in [3.05, 3.63) is 12.0 Å². The first-order valence-corrected chi connectivity index (χ1v) is 7.14. The predicted octanol–water partition coefficient (Wildman–Crippen LogP) is 0.0787. The fourth-order valence-electron chi connectivity index (χ4n) is 2.75. The predicted molar refractivity (Wildman–Crippen MR) is 75.1 cm³/mol. The van der Waals surface area contributed by atoms with Gasteiger partial charge in [0.25, 0.3) is 0 Å². The van der Waals surface area contributed by atoms with E-state index in [4.69, 9.17) is 5.11 Å². The minimum absolute atomic E-state index is 0.278. The van der Waals surface area contributed by atoms with Crippen LogP contribution in [0.2, 0.25) is 0 Å². The van der Waals surface area contributed by atoms with E-state index in [9.17, 15) is 9.18 Å². The summed E-state index contributed by atoms with van der Waals surface area (Å²) in [4.78, 5) is 23.1. The van der Waals surface area contributed by atoms with Crippen LogP contribution >= 0.6 is 0 Å². The lowest BCUT2D eigenvalue weighted by Crippen LogP contribution is -2.54. The SMILES string of the molecule is O=C(O)[C@H]1CN(c2ncc(F)c(N3CCCC3)n2)CCN1. The first-order chi connectivity index (χ1) is 10.1. The molecule has 21 heavy (non-hydrogen) atoms. The molecule has 0 saturated carbocycles. The molecule has 0 unspecified atom stereocenters. The summed E-state index contributed by atoms with van der Waals surface area (Å²) in [6, 6.07) is -0.650. The average Bonchev–Trinajstić information content (AvgIpc) is 3.02. The van der Waals surface area contributed by atoms with Gasteiger partial charge in [-0.25, -0.2) is 9.37 Å². The lowest BCUT2D eigenvalue weighted by atomic mass is 10.2. The minimum atomic E-state index is -0.901. The second-order valence-corrected chi connectivity index (χ2v) is 5.33. The molecule has 0 amide bonds. The molecule has 7 nitrogen and oxygen atoms in total. The molecular weight excluding hydrogens is 277 g/mol. The summed E-state index contributed by atoms with van der Waals surface area (Å²) < 4.78 is 13.9. The third kappa shape index (κ3) is 2.90. The summed E-state index contributed by atoms with van der Waals surface area (Å²) in [5.74, 6) is -0.610. The van der Waals surface area contributed by atoms with Crippen molar-refractivity contribution in [2.24, 2.45) is 0 Å². The maximum Gasteiger partial charge on any atom is 0.322 e. The van der Waals surface area contributed by atoms with E-state index in [1.807, 2.05) is 4.90 Å². The normalized spacial score (nSPS) is 22.6. The molecule has 1 atom stereocenters. The highest BCUT2D eigenvalue weighted by molar-refractivity contribution is 5.74. The van der Waals surface area contributed by atoms with Crippen LogP contribution in [0.3, 0.4) is 0 Å². The number of nitrogens with zero attached hydrogens (tertiary/aromatic N) is 4. The number of halogens is 1. The Morgan fingerprint density at radius 1 is 1.33 bits per heavy atom. The number of carboxylic acids is 1. The van der Waals surface area contributed by atoms with Crippen molar-refractivity contribution in [1.29, 1.82) is 0 Å². The number of nitrogens with one attached hydrogen (secondary N) is 1. The number of aromatic nitrogens is 2. The molecule has 1 aromatic rings. The smallest absolute Gasteiger partial charge is 0.322 e. The molecule has 2 aliphatic rings. The highest BCUT2D eigenvalue weighted by atomic mass is 19.1. The van der Waals surface area contributed by atoms with E-state index in [1.165, 1.54) is 6.20 Å². The Bertz CT molecular complexity index is 535. The maximum absolute atomic E-state index is 13.9. The Hall–Kier alpha value is -1.96. The van der Waals surface area contributed by atoms with Gasteiger partial charge in [-0.1, -0.05) is 0 Å². The fourth-order valence-corrected chi connectivity index (χ4v) is 2.75. The van der Waals surface area contributed by atoms with Crippen molar-refractivity contribution >= 4 is 17.7 Å². The number of anilines is 2. The van der Waals surface area contributed by atoms with Gasteiger partial charge in [-0.3, -0.25) is 4.79 Å². The van der Waals surface area contributed by atoms with Crippen LogP contribution in [0.4, 0.5) is 16.2 Å². The zero-order valence-corrected chi connectivity index (χ0v) is 11.6. The fraction of sp³-hybridized carbons (Fsp3) is 0.615. The zero-order chi connectivity index (χ0) is 14.8.